The molecule has 1 aliphatic heterocycles. The van der Waals surface area contributed by atoms with Crippen molar-refractivity contribution in [2.24, 2.45) is 28.1 Å². The van der Waals surface area contributed by atoms with E-state index in [0.717, 1.165) is 5.56 Å². The quantitative estimate of drug-likeness (QED) is 0.474. The fourth-order valence-electron chi connectivity index (χ4n) is 9.40. The number of benzene rings is 1. The molecule has 4 aliphatic carbocycles. The van der Waals surface area contributed by atoms with Gasteiger partial charge >= 0.3 is 0 Å². The van der Waals surface area contributed by atoms with Gasteiger partial charge in [-0.3, -0.25) is 14.4 Å². The van der Waals surface area contributed by atoms with Gasteiger partial charge in [-0.25, -0.2) is 8.78 Å². The maximum atomic E-state index is 17.8. The zero-order chi connectivity index (χ0) is 28.9. The van der Waals surface area contributed by atoms with Crippen molar-refractivity contribution >= 4 is 34.9 Å². The number of carbonyl (C=O) groups excluding carboxylic acids is 2. The first-order valence-corrected chi connectivity index (χ1v) is 15.7. The monoisotopic (exact) mass is 591 g/mol. The van der Waals surface area contributed by atoms with Crippen LogP contribution in [0.4, 0.5) is 8.78 Å². The van der Waals surface area contributed by atoms with Crippen LogP contribution in [0.5, 0.6) is 0 Å². The van der Waals surface area contributed by atoms with Gasteiger partial charge in [-0.2, -0.15) is 16.8 Å². The van der Waals surface area contributed by atoms with E-state index in [1.54, 1.807) is 6.92 Å². The minimum atomic E-state index is -2.21. The summed E-state index contributed by atoms with van der Waals surface area (Å²) < 4.78 is 33.7. The van der Waals surface area contributed by atoms with Crippen LogP contribution in [0.25, 0.3) is 0 Å². The molecule has 6 rings (SSSR count). The summed E-state index contributed by atoms with van der Waals surface area (Å²) in [6, 6.07) is 7.46. The normalized spacial score (nSPS) is 45.9. The van der Waals surface area contributed by atoms with Crippen molar-refractivity contribution in [1.82, 2.24) is 5.06 Å². The zero-order valence-corrected chi connectivity index (χ0v) is 24.8. The van der Waals surface area contributed by atoms with E-state index in [1.165, 1.54) is 30.0 Å². The Morgan fingerprint density at radius 1 is 1.23 bits per heavy atom. The first-order valence-electron chi connectivity index (χ1n) is 13.9. The van der Waals surface area contributed by atoms with E-state index >= 15 is 8.78 Å². The number of halogens is 3. The Hall–Kier alpha value is -1.58. The molecule has 0 radical (unpaired) electrons. The number of aliphatic hydroxyl groups is 1. The van der Waals surface area contributed by atoms with Crippen LogP contribution in [-0.2, 0) is 21.0 Å². The minimum Gasteiger partial charge on any atom is -0.390 e. The van der Waals surface area contributed by atoms with E-state index in [2.05, 4.69) is 0 Å². The van der Waals surface area contributed by atoms with Gasteiger partial charge in [-0.05, 0) is 73.3 Å². The van der Waals surface area contributed by atoms with Gasteiger partial charge in [0.05, 0.1) is 11.9 Å². The topological polar surface area (TPSA) is 66.8 Å². The van der Waals surface area contributed by atoms with Crippen LogP contribution in [0, 0.1) is 28.1 Å². The zero-order valence-electron chi connectivity index (χ0n) is 23.3. The van der Waals surface area contributed by atoms with Gasteiger partial charge in [0.15, 0.2) is 22.8 Å². The Kier molecular flexibility index (Phi) is 6.57. The van der Waals surface area contributed by atoms with Crippen molar-refractivity contribution in [3.05, 3.63) is 58.7 Å². The standard InChI is InChI=1S/C31H36ClF2NO4S/c1-27-10-9-21(36)11-22(27)23(33)12-24-28(2)13-19-16-35(15-18-5-7-20(32)8-6-18)39-31(19,26(38)17-40-4)29(28,3)14-25(37)30(24,27)34/h5-11,19,23-25,37H,12-17H2,1-4H3/t19-,23-,24-,25-,27-,28-,29-,30-,31-/m0/s1. The molecule has 5 aliphatic rings. The van der Waals surface area contributed by atoms with Gasteiger partial charge in [-0.1, -0.05) is 43.7 Å². The predicted octanol–water partition coefficient (Wildman–Crippen LogP) is 5.69. The van der Waals surface area contributed by atoms with E-state index in [9.17, 15) is 14.7 Å². The number of thioether (sulfide) groups is 1. The molecule has 0 amide bonds. The van der Waals surface area contributed by atoms with E-state index in [0.29, 0.717) is 24.5 Å². The second kappa shape index (κ2) is 9.21. The van der Waals surface area contributed by atoms with Crippen molar-refractivity contribution in [3.63, 3.8) is 0 Å². The van der Waals surface area contributed by atoms with Gasteiger partial charge in [0, 0.05) is 40.8 Å². The molecule has 3 saturated carbocycles. The van der Waals surface area contributed by atoms with Gasteiger partial charge in [0.25, 0.3) is 0 Å². The van der Waals surface area contributed by atoms with E-state index in [1.807, 2.05) is 49.4 Å². The highest BCUT2D eigenvalue weighted by Gasteiger charge is 2.83. The molecule has 0 unspecified atom stereocenters. The van der Waals surface area contributed by atoms with Crippen LogP contribution in [0.15, 0.2) is 48.1 Å². The minimum absolute atomic E-state index is 0.0104. The third kappa shape index (κ3) is 3.43. The summed E-state index contributed by atoms with van der Waals surface area (Å²) in [5.74, 6) is -1.36. The number of alkyl halides is 2. The molecular weight excluding hydrogens is 556 g/mol. The number of ketones is 2. The maximum Gasteiger partial charge on any atom is 0.178 e. The first-order chi connectivity index (χ1) is 18.8. The number of fused-ring (bicyclic) bond motifs is 7. The predicted molar refractivity (Wildman–Crippen MR) is 151 cm³/mol. The number of hydrogen-bond acceptors (Lipinski definition) is 6. The number of hydrogen-bond donors (Lipinski definition) is 1. The average molecular weight is 592 g/mol. The summed E-state index contributed by atoms with van der Waals surface area (Å²) in [5.41, 5.74) is -5.68. The summed E-state index contributed by atoms with van der Waals surface area (Å²) >= 11 is 7.48. The Balaban J connectivity index is 1.44. The van der Waals surface area contributed by atoms with E-state index < -0.39 is 45.7 Å². The van der Waals surface area contributed by atoms with Crippen molar-refractivity contribution < 1.29 is 28.3 Å². The number of hydroxylamine groups is 2. The molecule has 0 spiro atoms. The van der Waals surface area contributed by atoms with Crippen LogP contribution in [0.2, 0.25) is 5.02 Å². The van der Waals surface area contributed by atoms with Crippen molar-refractivity contribution in [1.29, 1.82) is 0 Å². The molecular formula is C31H36ClF2NO4S. The highest BCUT2D eigenvalue weighted by atomic mass is 35.5. The second-order valence-corrected chi connectivity index (χ2v) is 14.4. The molecule has 1 N–H and O–H groups in total. The number of aliphatic hydroxyl groups excluding tert-OH is 1. The number of rotatable bonds is 5. The lowest BCUT2D eigenvalue weighted by molar-refractivity contribution is -0.288. The smallest absolute Gasteiger partial charge is 0.178 e. The Morgan fingerprint density at radius 2 is 1.93 bits per heavy atom. The Bertz CT molecular complexity index is 1320. The first kappa shape index (κ1) is 28.5. The van der Waals surface area contributed by atoms with Gasteiger partial charge < -0.3 is 5.11 Å². The highest BCUT2D eigenvalue weighted by molar-refractivity contribution is 7.99. The second-order valence-electron chi connectivity index (χ2n) is 13.1. The summed E-state index contributed by atoms with van der Waals surface area (Å²) in [6.07, 6.45) is 3.09. The molecule has 1 aromatic carbocycles. The molecule has 0 bridgehead atoms. The number of Topliss-reactive ketones (excluding diaryl/α,β-unsaturated/α-hetero) is 1. The molecule has 4 fully saturated rings. The average Bonchev–Trinajstić information content (AvgIpc) is 3.34. The molecule has 9 atom stereocenters. The summed E-state index contributed by atoms with van der Waals surface area (Å²) in [4.78, 5) is 33.0. The van der Waals surface area contributed by atoms with E-state index in [4.69, 9.17) is 16.4 Å². The lowest BCUT2D eigenvalue weighted by Gasteiger charge is -2.67. The molecule has 216 valence electrons. The summed E-state index contributed by atoms with van der Waals surface area (Å²) in [7, 11) is 0. The van der Waals surface area contributed by atoms with Gasteiger partial charge in [0.1, 0.15) is 6.17 Å². The molecule has 1 saturated heterocycles. The summed E-state index contributed by atoms with van der Waals surface area (Å²) in [6.45, 7) is 6.43. The maximum absolute atomic E-state index is 17.8. The molecule has 9 heteroatoms. The fraction of sp³-hybridized carbons (Fsp3) is 0.613. The summed E-state index contributed by atoms with van der Waals surface area (Å²) in [5, 5.41) is 14.2. The highest BCUT2D eigenvalue weighted by Crippen LogP contribution is 2.77. The molecule has 0 aromatic heterocycles. The van der Waals surface area contributed by atoms with Crippen molar-refractivity contribution in [2.45, 2.75) is 70.1 Å². The van der Waals surface area contributed by atoms with Crippen LogP contribution in [-0.4, -0.2) is 63.8 Å². The molecule has 1 aromatic rings. The molecule has 5 nitrogen and oxygen atoms in total. The Morgan fingerprint density at radius 3 is 2.60 bits per heavy atom. The van der Waals surface area contributed by atoms with Crippen molar-refractivity contribution in [2.75, 3.05) is 18.6 Å². The molecule has 40 heavy (non-hydrogen) atoms. The number of allylic oxidation sites excluding steroid dienone is 4. The van der Waals surface area contributed by atoms with Gasteiger partial charge in [0.2, 0.25) is 0 Å². The Labute approximate surface area is 243 Å². The van der Waals surface area contributed by atoms with E-state index in [-0.39, 0.29) is 41.7 Å². The molecule has 1 heterocycles. The number of carbonyl (C=O) groups is 2. The van der Waals surface area contributed by atoms with Crippen molar-refractivity contribution in [3.8, 4) is 0 Å². The third-order valence-electron chi connectivity index (χ3n) is 11.4. The number of nitrogens with zero attached hydrogens (tertiary/aromatic N) is 1. The fourth-order valence-corrected chi connectivity index (χ4v) is 10.0. The van der Waals surface area contributed by atoms with Crippen LogP contribution in [0.3, 0.4) is 0 Å². The third-order valence-corrected chi connectivity index (χ3v) is 12.2. The lowest BCUT2D eigenvalue weighted by Crippen LogP contribution is -2.73. The van der Waals surface area contributed by atoms with Crippen LogP contribution in [0.1, 0.15) is 45.6 Å². The largest absolute Gasteiger partial charge is 0.390 e. The van der Waals surface area contributed by atoms with Crippen LogP contribution >= 0.6 is 23.4 Å². The lowest BCUT2D eigenvalue weighted by atomic mass is 9.39. The SMILES string of the molecule is CSCC(=O)[C@@]12ON(Cc3ccc(Cl)cc3)C[C@@H]1C[C@@]1(C)[C@@H]3C[C@H](F)C4=CC(=O)C=C[C@]4(C)[C@@]3(F)[C@@H](O)C[C@@]12C. The van der Waals surface area contributed by atoms with Crippen LogP contribution < -0.4 is 0 Å². The van der Waals surface area contributed by atoms with Gasteiger partial charge in [-0.15, -0.1) is 0 Å².